The molecule has 0 amide bonds. The topological polar surface area (TPSA) is 31.4 Å². The molecule has 0 saturated heterocycles. The number of nitrogens with zero attached hydrogens (tertiary/aromatic N) is 1. The zero-order valence-corrected chi connectivity index (χ0v) is 11.3. The van der Waals surface area contributed by atoms with Crippen LogP contribution in [0.3, 0.4) is 0 Å². The van der Waals surface area contributed by atoms with Crippen molar-refractivity contribution in [2.45, 2.75) is 0 Å². The average Bonchev–Trinajstić information content (AvgIpc) is 2.34. The number of benzene rings is 1. The first-order valence-corrected chi connectivity index (χ1v) is 5.99. The summed E-state index contributed by atoms with van der Waals surface area (Å²) >= 11 is 9.28. The van der Waals surface area contributed by atoms with E-state index in [9.17, 15) is 0 Å². The van der Waals surface area contributed by atoms with Gasteiger partial charge in [0.05, 0.1) is 7.11 Å². The van der Waals surface area contributed by atoms with Gasteiger partial charge in [-0.3, -0.25) is 0 Å². The molecule has 0 fully saturated rings. The zero-order chi connectivity index (χ0) is 12.3. The lowest BCUT2D eigenvalue weighted by molar-refractivity contribution is 0.412. The fourth-order valence-corrected chi connectivity index (χ4v) is 1.90. The Kier molecular flexibility index (Phi) is 3.86. The molecule has 0 radical (unpaired) electrons. The lowest BCUT2D eigenvalue weighted by atomic mass is 10.3. The average molecular weight is 315 g/mol. The van der Waals surface area contributed by atoms with Crippen LogP contribution < -0.4 is 9.47 Å². The number of hydrogen-bond acceptors (Lipinski definition) is 3. The minimum atomic E-state index is 0.375. The monoisotopic (exact) mass is 313 g/mol. The Morgan fingerprint density at radius 2 is 1.82 bits per heavy atom. The molecule has 1 aromatic heterocycles. The van der Waals surface area contributed by atoms with E-state index in [2.05, 4.69) is 20.9 Å². The summed E-state index contributed by atoms with van der Waals surface area (Å²) in [6.07, 6.45) is 1.63. The van der Waals surface area contributed by atoms with E-state index in [0.29, 0.717) is 16.7 Å². The quantitative estimate of drug-likeness (QED) is 0.846. The molecule has 17 heavy (non-hydrogen) atoms. The summed E-state index contributed by atoms with van der Waals surface area (Å²) in [7, 11) is 1.61. The van der Waals surface area contributed by atoms with Crippen molar-refractivity contribution >= 4 is 27.5 Å². The van der Waals surface area contributed by atoms with E-state index in [0.717, 1.165) is 10.2 Å². The lowest BCUT2D eigenvalue weighted by Gasteiger charge is -2.07. The molecule has 2 aromatic rings. The molecule has 0 atom stereocenters. The Labute approximate surface area is 112 Å². The van der Waals surface area contributed by atoms with Gasteiger partial charge in [-0.1, -0.05) is 11.6 Å². The Bertz CT molecular complexity index is 516. The second-order valence-corrected chi connectivity index (χ2v) is 4.54. The molecular weight excluding hydrogens is 305 g/mol. The SMILES string of the molecule is COc1ccc(Oc2ncc(Br)cc2Cl)cc1. The summed E-state index contributed by atoms with van der Waals surface area (Å²) in [5, 5.41) is 0.454. The first kappa shape index (κ1) is 12.2. The van der Waals surface area contributed by atoms with E-state index in [1.54, 1.807) is 31.5 Å². The van der Waals surface area contributed by atoms with E-state index in [1.165, 1.54) is 0 Å². The molecule has 3 nitrogen and oxygen atoms in total. The molecule has 0 unspecified atom stereocenters. The van der Waals surface area contributed by atoms with Gasteiger partial charge in [0.25, 0.3) is 0 Å². The number of rotatable bonds is 3. The minimum absolute atomic E-state index is 0.375. The van der Waals surface area contributed by atoms with Crippen molar-refractivity contribution in [3.05, 3.63) is 46.0 Å². The van der Waals surface area contributed by atoms with E-state index >= 15 is 0 Å². The number of pyridine rings is 1. The fourth-order valence-electron chi connectivity index (χ4n) is 1.23. The van der Waals surface area contributed by atoms with Crippen molar-refractivity contribution in [2.75, 3.05) is 7.11 Å². The van der Waals surface area contributed by atoms with Gasteiger partial charge in [0.1, 0.15) is 16.5 Å². The Morgan fingerprint density at radius 1 is 1.18 bits per heavy atom. The smallest absolute Gasteiger partial charge is 0.238 e. The van der Waals surface area contributed by atoms with Crippen molar-refractivity contribution in [1.29, 1.82) is 0 Å². The zero-order valence-electron chi connectivity index (χ0n) is 8.98. The third kappa shape index (κ3) is 3.11. The molecule has 0 aliphatic heterocycles. The molecule has 88 valence electrons. The van der Waals surface area contributed by atoms with E-state index in [-0.39, 0.29) is 0 Å². The van der Waals surface area contributed by atoms with Crippen molar-refractivity contribution in [1.82, 2.24) is 4.98 Å². The van der Waals surface area contributed by atoms with Gasteiger partial charge in [-0.15, -0.1) is 0 Å². The van der Waals surface area contributed by atoms with Crippen LogP contribution in [-0.2, 0) is 0 Å². The summed E-state index contributed by atoms with van der Waals surface area (Å²) in [6, 6.07) is 8.93. The fraction of sp³-hybridized carbons (Fsp3) is 0.0833. The van der Waals surface area contributed by atoms with Crippen LogP contribution in [0.25, 0.3) is 0 Å². The molecule has 0 spiro atoms. The minimum Gasteiger partial charge on any atom is -0.497 e. The van der Waals surface area contributed by atoms with Crippen LogP contribution >= 0.6 is 27.5 Å². The Hall–Kier alpha value is -1.26. The van der Waals surface area contributed by atoms with Gasteiger partial charge in [-0.25, -0.2) is 4.98 Å². The Balaban J connectivity index is 2.19. The third-order valence-electron chi connectivity index (χ3n) is 2.05. The van der Waals surface area contributed by atoms with Crippen LogP contribution in [0, 0.1) is 0 Å². The molecule has 5 heteroatoms. The van der Waals surface area contributed by atoms with Crippen molar-refractivity contribution in [2.24, 2.45) is 0 Å². The van der Waals surface area contributed by atoms with Crippen LogP contribution in [0.5, 0.6) is 17.4 Å². The van der Waals surface area contributed by atoms with Gasteiger partial charge in [0.15, 0.2) is 0 Å². The highest BCUT2D eigenvalue weighted by molar-refractivity contribution is 9.10. The Morgan fingerprint density at radius 3 is 2.41 bits per heavy atom. The predicted molar refractivity (Wildman–Crippen MR) is 70.0 cm³/mol. The highest BCUT2D eigenvalue weighted by atomic mass is 79.9. The van der Waals surface area contributed by atoms with E-state index in [4.69, 9.17) is 21.1 Å². The van der Waals surface area contributed by atoms with Gasteiger partial charge in [0, 0.05) is 10.7 Å². The maximum absolute atomic E-state index is 6.00. The summed E-state index contributed by atoms with van der Waals surface area (Å²) in [5.41, 5.74) is 0. The number of hydrogen-bond donors (Lipinski definition) is 0. The normalized spacial score (nSPS) is 10.1. The van der Waals surface area contributed by atoms with Crippen LogP contribution in [0.2, 0.25) is 5.02 Å². The second kappa shape index (κ2) is 5.38. The standard InChI is InChI=1S/C12H9BrClNO2/c1-16-9-2-4-10(5-3-9)17-12-11(14)6-8(13)7-15-12/h2-7H,1H3. The molecule has 2 rings (SSSR count). The first-order chi connectivity index (χ1) is 8.19. The summed E-state index contributed by atoms with van der Waals surface area (Å²) < 4.78 is 11.4. The number of ether oxygens (including phenoxy) is 2. The highest BCUT2D eigenvalue weighted by Gasteiger charge is 2.05. The van der Waals surface area contributed by atoms with Gasteiger partial charge in [-0.05, 0) is 46.3 Å². The van der Waals surface area contributed by atoms with Crippen LogP contribution in [0.4, 0.5) is 0 Å². The molecule has 1 heterocycles. The molecular formula is C12H9BrClNO2. The largest absolute Gasteiger partial charge is 0.497 e. The highest BCUT2D eigenvalue weighted by Crippen LogP contribution is 2.29. The van der Waals surface area contributed by atoms with Gasteiger partial charge in [0.2, 0.25) is 5.88 Å². The first-order valence-electron chi connectivity index (χ1n) is 4.82. The summed E-state index contributed by atoms with van der Waals surface area (Å²) in [4.78, 5) is 4.08. The molecule has 0 aliphatic carbocycles. The molecule has 0 saturated carbocycles. The molecule has 0 N–H and O–H groups in total. The number of aromatic nitrogens is 1. The van der Waals surface area contributed by atoms with Crippen molar-refractivity contribution < 1.29 is 9.47 Å². The maximum Gasteiger partial charge on any atom is 0.238 e. The van der Waals surface area contributed by atoms with Gasteiger partial charge in [-0.2, -0.15) is 0 Å². The molecule has 1 aromatic carbocycles. The van der Waals surface area contributed by atoms with Gasteiger partial charge >= 0.3 is 0 Å². The molecule has 0 aliphatic rings. The van der Waals surface area contributed by atoms with E-state index < -0.39 is 0 Å². The maximum atomic E-state index is 6.00. The van der Waals surface area contributed by atoms with Crippen LogP contribution in [-0.4, -0.2) is 12.1 Å². The van der Waals surface area contributed by atoms with Crippen molar-refractivity contribution in [3.63, 3.8) is 0 Å². The predicted octanol–water partition coefficient (Wildman–Crippen LogP) is 4.30. The summed E-state index contributed by atoms with van der Waals surface area (Å²) in [6.45, 7) is 0. The van der Waals surface area contributed by atoms with Crippen molar-refractivity contribution in [3.8, 4) is 17.4 Å². The van der Waals surface area contributed by atoms with Gasteiger partial charge < -0.3 is 9.47 Å². The van der Waals surface area contributed by atoms with Crippen LogP contribution in [0.15, 0.2) is 41.0 Å². The summed E-state index contributed by atoms with van der Waals surface area (Å²) in [5.74, 6) is 1.80. The lowest BCUT2D eigenvalue weighted by Crippen LogP contribution is -1.89. The molecule has 0 bridgehead atoms. The van der Waals surface area contributed by atoms with E-state index in [1.807, 2.05) is 12.1 Å². The number of halogens is 2. The second-order valence-electron chi connectivity index (χ2n) is 3.22. The number of methoxy groups -OCH3 is 1. The van der Waals surface area contributed by atoms with Crippen LogP contribution in [0.1, 0.15) is 0 Å². The third-order valence-corrected chi connectivity index (χ3v) is 2.75.